The van der Waals surface area contributed by atoms with Gasteiger partial charge in [0.25, 0.3) is 5.91 Å². The molecule has 0 aliphatic heterocycles. The lowest BCUT2D eigenvalue weighted by molar-refractivity contribution is -0.147. The Bertz CT molecular complexity index is 1300. The zero-order valence-corrected chi connectivity index (χ0v) is 19.0. The van der Waals surface area contributed by atoms with Crippen molar-refractivity contribution in [3.8, 4) is 11.5 Å². The maximum absolute atomic E-state index is 12.1. The van der Waals surface area contributed by atoms with Crippen LogP contribution in [0.4, 0.5) is 17.1 Å². The third kappa shape index (κ3) is 7.16. The largest absolute Gasteiger partial charge is 0.456 e. The number of carbonyl (C=O) groups is 2. The lowest BCUT2D eigenvalue weighted by atomic mass is 10.1. The molecule has 0 aliphatic carbocycles. The number of carbonyl (C=O) groups excluding carboxylic acids is 2. The molecule has 0 bridgehead atoms. The molecule has 0 unspecified atom stereocenters. The van der Waals surface area contributed by atoms with Crippen LogP contribution in [-0.4, -0.2) is 28.7 Å². The van der Waals surface area contributed by atoms with Crippen molar-refractivity contribution in [2.24, 2.45) is 10.2 Å². The maximum atomic E-state index is 12.1. The van der Waals surface area contributed by atoms with Gasteiger partial charge in [0, 0.05) is 17.7 Å². The van der Waals surface area contributed by atoms with Crippen LogP contribution in [0.5, 0.6) is 0 Å². The van der Waals surface area contributed by atoms with Gasteiger partial charge >= 0.3 is 5.97 Å². The molecule has 0 saturated carbocycles. The fourth-order valence-electron chi connectivity index (χ4n) is 3.01. The number of hydrogen-bond acceptors (Lipinski definition) is 8. The molecule has 0 saturated heterocycles. The maximum Gasteiger partial charge on any atom is 0.306 e. The first-order valence-electron chi connectivity index (χ1n) is 11.0. The number of rotatable bonds is 9. The third-order valence-corrected chi connectivity index (χ3v) is 4.86. The van der Waals surface area contributed by atoms with Gasteiger partial charge in [0.05, 0.1) is 17.8 Å². The Kier molecular flexibility index (Phi) is 7.70. The molecule has 3 aromatic carbocycles. The molecule has 4 rings (SSSR count). The molecule has 0 radical (unpaired) electrons. The standard InChI is InChI=1S/C26H23N5O4/c1-18-7-9-19(10-8-18)26-31-30-24(35-26)15-16-25(33)34-17-23(32)27-20-11-13-22(14-12-20)29-28-21-5-3-2-4-6-21/h2-14H,15-17H2,1H3,(H,27,32). The van der Waals surface area contributed by atoms with Crippen molar-refractivity contribution in [2.45, 2.75) is 19.8 Å². The summed E-state index contributed by atoms with van der Waals surface area (Å²) in [6, 6.07) is 23.9. The number of esters is 1. The van der Waals surface area contributed by atoms with Crippen LogP contribution in [0, 0.1) is 6.92 Å². The molecule has 176 valence electrons. The molecule has 0 atom stereocenters. The van der Waals surface area contributed by atoms with E-state index >= 15 is 0 Å². The molecule has 1 amide bonds. The van der Waals surface area contributed by atoms with E-state index in [1.807, 2.05) is 61.5 Å². The number of nitrogens with one attached hydrogen (secondary N) is 1. The Morgan fingerprint density at radius 1 is 0.886 bits per heavy atom. The second-order valence-electron chi connectivity index (χ2n) is 7.66. The Labute approximate surface area is 201 Å². The second-order valence-corrected chi connectivity index (χ2v) is 7.66. The van der Waals surface area contributed by atoms with Gasteiger partial charge in [-0.15, -0.1) is 10.2 Å². The minimum Gasteiger partial charge on any atom is -0.456 e. The van der Waals surface area contributed by atoms with E-state index < -0.39 is 18.5 Å². The topological polar surface area (TPSA) is 119 Å². The van der Waals surface area contributed by atoms with Gasteiger partial charge in [-0.3, -0.25) is 9.59 Å². The third-order valence-electron chi connectivity index (χ3n) is 4.86. The smallest absolute Gasteiger partial charge is 0.306 e. The van der Waals surface area contributed by atoms with E-state index in [-0.39, 0.29) is 12.8 Å². The Morgan fingerprint density at radius 3 is 2.29 bits per heavy atom. The molecule has 35 heavy (non-hydrogen) atoms. The van der Waals surface area contributed by atoms with E-state index in [0.717, 1.165) is 16.8 Å². The molecule has 1 N–H and O–H groups in total. The molecule has 9 heteroatoms. The fourth-order valence-corrected chi connectivity index (χ4v) is 3.01. The van der Waals surface area contributed by atoms with Crippen LogP contribution in [0.15, 0.2) is 93.5 Å². The Balaban J connectivity index is 1.18. The number of anilines is 1. The number of aryl methyl sites for hydroxylation is 2. The van der Waals surface area contributed by atoms with Gasteiger partial charge in [0.2, 0.25) is 11.8 Å². The molecule has 1 aromatic heterocycles. The van der Waals surface area contributed by atoms with Gasteiger partial charge in [-0.25, -0.2) is 0 Å². The second kappa shape index (κ2) is 11.5. The summed E-state index contributed by atoms with van der Waals surface area (Å²) in [5, 5.41) is 18.9. The number of hydrogen-bond donors (Lipinski definition) is 1. The first kappa shape index (κ1) is 23.5. The SMILES string of the molecule is Cc1ccc(-c2nnc(CCC(=O)OCC(=O)Nc3ccc(N=Nc4ccccc4)cc3)o2)cc1. The molecular weight excluding hydrogens is 446 g/mol. The van der Waals surface area contributed by atoms with Crippen LogP contribution in [0.2, 0.25) is 0 Å². The van der Waals surface area contributed by atoms with Crippen LogP contribution in [0.25, 0.3) is 11.5 Å². The van der Waals surface area contributed by atoms with Crippen molar-refractivity contribution >= 4 is 28.9 Å². The fraction of sp³-hybridized carbons (Fsp3) is 0.154. The van der Waals surface area contributed by atoms with Gasteiger partial charge < -0.3 is 14.5 Å². The molecule has 0 fully saturated rings. The van der Waals surface area contributed by atoms with Gasteiger partial charge in [-0.2, -0.15) is 10.2 Å². The van der Waals surface area contributed by atoms with Crippen molar-refractivity contribution in [1.29, 1.82) is 0 Å². The lowest BCUT2D eigenvalue weighted by Crippen LogP contribution is -2.21. The highest BCUT2D eigenvalue weighted by Gasteiger charge is 2.13. The zero-order valence-electron chi connectivity index (χ0n) is 19.0. The van der Waals surface area contributed by atoms with Gasteiger partial charge in [-0.1, -0.05) is 35.9 Å². The molecular formula is C26H23N5O4. The quantitative estimate of drug-likeness (QED) is 0.253. The number of amides is 1. The number of ether oxygens (including phenoxy) is 1. The summed E-state index contributed by atoms with van der Waals surface area (Å²) in [7, 11) is 0. The predicted molar refractivity (Wildman–Crippen MR) is 129 cm³/mol. The van der Waals surface area contributed by atoms with Crippen molar-refractivity contribution in [1.82, 2.24) is 10.2 Å². The zero-order chi connectivity index (χ0) is 24.5. The molecule has 0 aliphatic rings. The first-order valence-corrected chi connectivity index (χ1v) is 11.0. The van der Waals surface area contributed by atoms with E-state index in [1.54, 1.807) is 24.3 Å². The Morgan fingerprint density at radius 2 is 1.57 bits per heavy atom. The van der Waals surface area contributed by atoms with Crippen molar-refractivity contribution in [3.05, 3.63) is 90.3 Å². The van der Waals surface area contributed by atoms with Crippen molar-refractivity contribution in [2.75, 3.05) is 11.9 Å². The summed E-state index contributed by atoms with van der Waals surface area (Å²) < 4.78 is 10.6. The number of benzene rings is 3. The van der Waals surface area contributed by atoms with Crippen LogP contribution in [-0.2, 0) is 20.7 Å². The lowest BCUT2D eigenvalue weighted by Gasteiger charge is -2.06. The molecule has 4 aromatic rings. The van der Waals surface area contributed by atoms with Crippen LogP contribution < -0.4 is 5.32 Å². The van der Waals surface area contributed by atoms with Gasteiger partial charge in [0.15, 0.2) is 6.61 Å². The summed E-state index contributed by atoms with van der Waals surface area (Å²) in [6.45, 7) is 1.60. The monoisotopic (exact) mass is 469 g/mol. The molecule has 9 nitrogen and oxygen atoms in total. The highest BCUT2D eigenvalue weighted by atomic mass is 16.5. The summed E-state index contributed by atoms with van der Waals surface area (Å²) in [4.78, 5) is 24.1. The van der Waals surface area contributed by atoms with Gasteiger partial charge in [-0.05, 0) is 55.5 Å². The van der Waals surface area contributed by atoms with E-state index in [9.17, 15) is 9.59 Å². The summed E-state index contributed by atoms with van der Waals surface area (Å²) in [5.41, 5.74) is 3.88. The van der Waals surface area contributed by atoms with Crippen LogP contribution >= 0.6 is 0 Å². The minimum absolute atomic E-state index is 0.0178. The predicted octanol–water partition coefficient (Wildman–Crippen LogP) is 5.57. The number of nitrogens with zero attached hydrogens (tertiary/aromatic N) is 4. The molecule has 1 heterocycles. The minimum atomic E-state index is -0.535. The summed E-state index contributed by atoms with van der Waals surface area (Å²) in [5.74, 6) is -0.268. The highest BCUT2D eigenvalue weighted by Crippen LogP contribution is 2.20. The summed E-state index contributed by atoms with van der Waals surface area (Å²) in [6.07, 6.45) is 0.238. The van der Waals surface area contributed by atoms with Crippen LogP contribution in [0.1, 0.15) is 17.9 Å². The number of aromatic nitrogens is 2. The van der Waals surface area contributed by atoms with E-state index in [1.165, 1.54) is 0 Å². The molecule has 0 spiro atoms. The average Bonchev–Trinajstić information content (AvgIpc) is 3.36. The van der Waals surface area contributed by atoms with E-state index in [4.69, 9.17) is 9.15 Å². The van der Waals surface area contributed by atoms with Crippen molar-refractivity contribution in [3.63, 3.8) is 0 Å². The van der Waals surface area contributed by atoms with Crippen LogP contribution in [0.3, 0.4) is 0 Å². The number of azo groups is 1. The first-order chi connectivity index (χ1) is 17.0. The van der Waals surface area contributed by atoms with Crippen molar-refractivity contribution < 1.29 is 18.7 Å². The van der Waals surface area contributed by atoms with E-state index in [2.05, 4.69) is 25.7 Å². The van der Waals surface area contributed by atoms with E-state index in [0.29, 0.717) is 23.2 Å². The highest BCUT2D eigenvalue weighted by molar-refractivity contribution is 5.92. The normalized spacial score (nSPS) is 10.9. The summed E-state index contributed by atoms with van der Waals surface area (Å²) >= 11 is 0. The average molecular weight is 470 g/mol. The van der Waals surface area contributed by atoms with Gasteiger partial charge in [0.1, 0.15) is 0 Å². The Hall–Kier alpha value is -4.66.